The molecule has 0 amide bonds. The maximum absolute atomic E-state index is 12.1. The van der Waals surface area contributed by atoms with Gasteiger partial charge in [0.2, 0.25) is 0 Å². The second-order valence-corrected chi connectivity index (χ2v) is 9.11. The van der Waals surface area contributed by atoms with Crippen LogP contribution in [0.25, 0.3) is 11.0 Å². The van der Waals surface area contributed by atoms with Crippen molar-refractivity contribution in [3.63, 3.8) is 0 Å². The summed E-state index contributed by atoms with van der Waals surface area (Å²) in [5.41, 5.74) is 3.43. The van der Waals surface area contributed by atoms with Gasteiger partial charge in [-0.15, -0.1) is 0 Å². The Morgan fingerprint density at radius 1 is 1.15 bits per heavy atom. The molecule has 4 rings (SSSR count). The highest BCUT2D eigenvalue weighted by Crippen LogP contribution is 2.34. The molecule has 1 aromatic heterocycles. The molecular formula is C25H25BrO7. The molecule has 0 radical (unpaired) electrons. The lowest BCUT2D eigenvalue weighted by atomic mass is 10.0. The van der Waals surface area contributed by atoms with E-state index in [-0.39, 0.29) is 31.9 Å². The number of ether oxygens (including phenoxy) is 4. The molecule has 1 aliphatic rings. The standard InChI is InChI=1S/C25H25BrO7/c1-14(2)32-23(27)5-4-16-9-20-15(3)6-24(28)33-22(20)10-21(16)30-12-18-8-19(26)7-17-11-29-13-31-25(17)18/h6-10,14H,4-5,11-13H2,1-3H3. The fourth-order valence-corrected chi connectivity index (χ4v) is 4.35. The largest absolute Gasteiger partial charge is 0.488 e. The maximum Gasteiger partial charge on any atom is 0.336 e. The molecule has 0 aliphatic carbocycles. The van der Waals surface area contributed by atoms with Gasteiger partial charge in [-0.2, -0.15) is 0 Å². The second-order valence-electron chi connectivity index (χ2n) is 8.20. The Balaban J connectivity index is 1.66. The van der Waals surface area contributed by atoms with Gasteiger partial charge in [0.15, 0.2) is 6.79 Å². The number of carbonyl (C=O) groups excluding carboxylic acids is 1. The van der Waals surface area contributed by atoms with Crippen molar-refractivity contribution in [1.29, 1.82) is 0 Å². The minimum absolute atomic E-state index is 0.173. The summed E-state index contributed by atoms with van der Waals surface area (Å²) in [6.45, 7) is 6.37. The average molecular weight is 517 g/mol. The quantitative estimate of drug-likeness (QED) is 0.315. The fourth-order valence-electron chi connectivity index (χ4n) is 3.80. The van der Waals surface area contributed by atoms with Crippen LogP contribution in [-0.4, -0.2) is 18.9 Å². The number of hydrogen-bond acceptors (Lipinski definition) is 7. The van der Waals surface area contributed by atoms with Gasteiger partial charge in [-0.3, -0.25) is 4.79 Å². The highest BCUT2D eigenvalue weighted by atomic mass is 79.9. The van der Waals surface area contributed by atoms with Crippen molar-refractivity contribution in [3.05, 3.63) is 67.5 Å². The second kappa shape index (κ2) is 9.97. The zero-order valence-electron chi connectivity index (χ0n) is 18.7. The first-order valence-corrected chi connectivity index (χ1v) is 11.5. The molecule has 8 heteroatoms. The van der Waals surface area contributed by atoms with Crippen molar-refractivity contribution in [1.82, 2.24) is 0 Å². The van der Waals surface area contributed by atoms with E-state index in [1.165, 1.54) is 6.07 Å². The predicted molar refractivity (Wildman–Crippen MR) is 126 cm³/mol. The molecule has 0 N–H and O–H groups in total. The molecule has 2 heterocycles. The van der Waals surface area contributed by atoms with Gasteiger partial charge in [0.1, 0.15) is 23.7 Å². The van der Waals surface area contributed by atoms with Gasteiger partial charge < -0.3 is 23.4 Å². The van der Waals surface area contributed by atoms with Crippen molar-refractivity contribution in [3.8, 4) is 11.5 Å². The highest BCUT2D eigenvalue weighted by Gasteiger charge is 2.18. The number of fused-ring (bicyclic) bond motifs is 2. The van der Waals surface area contributed by atoms with Gasteiger partial charge in [0, 0.05) is 39.5 Å². The Bertz CT molecular complexity index is 1250. The molecule has 0 fully saturated rings. The SMILES string of the molecule is Cc1cc(=O)oc2cc(OCc3cc(Br)cc4c3OCOC4)c(CCC(=O)OC(C)C)cc12. The molecule has 0 atom stereocenters. The number of esters is 1. The van der Waals surface area contributed by atoms with Crippen molar-refractivity contribution >= 4 is 32.9 Å². The van der Waals surface area contributed by atoms with E-state index in [1.54, 1.807) is 6.07 Å². The lowest BCUT2D eigenvalue weighted by Gasteiger charge is -2.22. The third-order valence-electron chi connectivity index (χ3n) is 5.23. The van der Waals surface area contributed by atoms with Crippen LogP contribution in [0.3, 0.4) is 0 Å². The average Bonchev–Trinajstić information content (AvgIpc) is 2.75. The molecule has 1 aliphatic heterocycles. The topological polar surface area (TPSA) is 84.2 Å². The smallest absolute Gasteiger partial charge is 0.336 e. The van der Waals surface area contributed by atoms with E-state index in [1.807, 2.05) is 39.0 Å². The molecule has 2 aromatic carbocycles. The van der Waals surface area contributed by atoms with Crippen molar-refractivity contribution in [2.75, 3.05) is 6.79 Å². The summed E-state index contributed by atoms with van der Waals surface area (Å²) >= 11 is 3.52. The summed E-state index contributed by atoms with van der Waals surface area (Å²) in [6, 6.07) is 8.97. The summed E-state index contributed by atoms with van der Waals surface area (Å²) in [7, 11) is 0. The van der Waals surface area contributed by atoms with Crippen molar-refractivity contribution in [2.45, 2.75) is 52.9 Å². The fraction of sp³-hybridized carbons (Fsp3) is 0.360. The number of aryl methyl sites for hydroxylation is 2. The van der Waals surface area contributed by atoms with Crippen LogP contribution < -0.4 is 15.1 Å². The zero-order chi connectivity index (χ0) is 23.5. The normalized spacial score (nSPS) is 13.0. The van der Waals surface area contributed by atoms with Gasteiger partial charge >= 0.3 is 11.6 Å². The number of benzene rings is 2. The first-order valence-electron chi connectivity index (χ1n) is 10.7. The molecule has 0 spiro atoms. The molecule has 0 bridgehead atoms. The first-order chi connectivity index (χ1) is 15.8. The summed E-state index contributed by atoms with van der Waals surface area (Å²) < 4.78 is 28.8. The van der Waals surface area contributed by atoms with E-state index in [2.05, 4.69) is 15.9 Å². The molecule has 0 unspecified atom stereocenters. The molecule has 0 saturated carbocycles. The van der Waals surface area contributed by atoms with Crippen LogP contribution in [-0.2, 0) is 33.9 Å². The van der Waals surface area contributed by atoms with Crippen LogP contribution in [0.5, 0.6) is 11.5 Å². The van der Waals surface area contributed by atoms with Crippen LogP contribution in [0.2, 0.25) is 0 Å². The van der Waals surface area contributed by atoms with E-state index in [4.69, 9.17) is 23.4 Å². The van der Waals surface area contributed by atoms with Gasteiger partial charge in [0.25, 0.3) is 0 Å². The number of rotatable bonds is 7. The molecule has 7 nitrogen and oxygen atoms in total. The molecule has 174 valence electrons. The van der Waals surface area contributed by atoms with Crippen LogP contribution in [0.15, 0.2) is 44.0 Å². The van der Waals surface area contributed by atoms with Gasteiger partial charge in [0.05, 0.1) is 12.7 Å². The van der Waals surface area contributed by atoms with Crippen molar-refractivity contribution < 1.29 is 28.2 Å². The van der Waals surface area contributed by atoms with Crippen LogP contribution in [0, 0.1) is 6.92 Å². The van der Waals surface area contributed by atoms with E-state index < -0.39 is 5.63 Å². The Hall–Kier alpha value is -2.84. The number of halogens is 1. The number of carbonyl (C=O) groups is 1. The third-order valence-corrected chi connectivity index (χ3v) is 5.69. The van der Waals surface area contributed by atoms with E-state index in [0.29, 0.717) is 24.4 Å². The van der Waals surface area contributed by atoms with Gasteiger partial charge in [-0.1, -0.05) is 15.9 Å². The number of hydrogen-bond donors (Lipinski definition) is 0. The maximum atomic E-state index is 12.1. The highest BCUT2D eigenvalue weighted by molar-refractivity contribution is 9.10. The molecule has 33 heavy (non-hydrogen) atoms. The van der Waals surface area contributed by atoms with Crippen molar-refractivity contribution in [2.24, 2.45) is 0 Å². The van der Waals surface area contributed by atoms with Gasteiger partial charge in [-0.05, 0) is 56.5 Å². The summed E-state index contributed by atoms with van der Waals surface area (Å²) in [5, 5.41) is 0.800. The Morgan fingerprint density at radius 2 is 1.97 bits per heavy atom. The monoisotopic (exact) mass is 516 g/mol. The Labute approximate surface area is 199 Å². The van der Waals surface area contributed by atoms with E-state index in [9.17, 15) is 9.59 Å². The Morgan fingerprint density at radius 3 is 2.76 bits per heavy atom. The molecule has 3 aromatic rings. The Kier molecular flexibility index (Phi) is 7.05. The minimum atomic E-state index is -0.423. The van der Waals surface area contributed by atoms with Crippen LogP contribution in [0.1, 0.15) is 42.5 Å². The zero-order valence-corrected chi connectivity index (χ0v) is 20.3. The van der Waals surface area contributed by atoms with Crippen LogP contribution in [0.4, 0.5) is 0 Å². The summed E-state index contributed by atoms with van der Waals surface area (Å²) in [6.07, 6.45) is 0.465. The molecule has 0 saturated heterocycles. The first kappa shape index (κ1) is 23.3. The minimum Gasteiger partial charge on any atom is -0.488 e. The van der Waals surface area contributed by atoms with Crippen LogP contribution >= 0.6 is 15.9 Å². The lowest BCUT2D eigenvalue weighted by Crippen LogP contribution is -2.14. The lowest BCUT2D eigenvalue weighted by molar-refractivity contribution is -0.147. The summed E-state index contributed by atoms with van der Waals surface area (Å²) in [4.78, 5) is 24.0. The van der Waals surface area contributed by atoms with Gasteiger partial charge in [-0.25, -0.2) is 4.79 Å². The van der Waals surface area contributed by atoms with E-state index in [0.717, 1.165) is 37.9 Å². The third kappa shape index (κ3) is 5.57. The summed E-state index contributed by atoms with van der Waals surface area (Å²) in [5.74, 6) is 1.01. The molecular weight excluding hydrogens is 492 g/mol. The van der Waals surface area contributed by atoms with E-state index >= 15 is 0 Å². The predicted octanol–water partition coefficient (Wildman–Crippen LogP) is 5.19.